The lowest BCUT2D eigenvalue weighted by Gasteiger charge is -2.32. The van der Waals surface area contributed by atoms with Gasteiger partial charge in [0, 0.05) is 44.3 Å². The van der Waals surface area contributed by atoms with Gasteiger partial charge in [0.2, 0.25) is 0 Å². The minimum absolute atomic E-state index is 0.00801. The standard InChI is InChI=1S/C23H28N6O3/c1-15(2)13-29-22(31)19-7-5-4-6-18(19)20(26-29)23(32)28-10-8-17(9-11-28)25-21(30)16-12-24-27(3)14-16/h4-7,12,14-15,17H,8-11,13H2,1-3H3,(H,25,30). The van der Waals surface area contributed by atoms with Crippen molar-refractivity contribution in [3.63, 3.8) is 0 Å². The topological polar surface area (TPSA) is 102 Å². The van der Waals surface area contributed by atoms with E-state index in [0.717, 1.165) is 0 Å². The van der Waals surface area contributed by atoms with Crippen LogP contribution in [0.5, 0.6) is 0 Å². The summed E-state index contributed by atoms with van der Waals surface area (Å²) in [7, 11) is 1.77. The van der Waals surface area contributed by atoms with Crippen LogP contribution in [0.15, 0.2) is 41.5 Å². The van der Waals surface area contributed by atoms with E-state index in [1.165, 1.54) is 10.9 Å². The second kappa shape index (κ2) is 8.94. The predicted molar refractivity (Wildman–Crippen MR) is 120 cm³/mol. The summed E-state index contributed by atoms with van der Waals surface area (Å²) in [6.07, 6.45) is 4.52. The summed E-state index contributed by atoms with van der Waals surface area (Å²) < 4.78 is 2.99. The molecule has 1 aromatic carbocycles. The van der Waals surface area contributed by atoms with Gasteiger partial charge in [-0.25, -0.2) is 4.68 Å². The first-order chi connectivity index (χ1) is 15.3. The number of likely N-dealkylation sites (tertiary alicyclic amines) is 1. The molecule has 0 aliphatic carbocycles. The Hall–Kier alpha value is -3.49. The van der Waals surface area contributed by atoms with Crippen molar-refractivity contribution < 1.29 is 9.59 Å². The minimum atomic E-state index is -0.184. The number of benzene rings is 1. The van der Waals surface area contributed by atoms with E-state index in [9.17, 15) is 14.4 Å². The maximum absolute atomic E-state index is 13.4. The fourth-order valence-electron chi connectivity index (χ4n) is 4.05. The highest BCUT2D eigenvalue weighted by Gasteiger charge is 2.28. The molecule has 0 saturated carbocycles. The van der Waals surface area contributed by atoms with Crippen LogP contribution in [-0.4, -0.2) is 55.4 Å². The lowest BCUT2D eigenvalue weighted by atomic mass is 10.0. The molecular formula is C23H28N6O3. The SMILES string of the molecule is CC(C)Cn1nc(C(=O)N2CCC(NC(=O)c3cnn(C)c3)CC2)c2ccccc2c1=O. The molecule has 1 saturated heterocycles. The Morgan fingerprint density at radius 3 is 2.47 bits per heavy atom. The van der Waals surface area contributed by atoms with E-state index in [1.54, 1.807) is 41.0 Å². The van der Waals surface area contributed by atoms with Gasteiger partial charge >= 0.3 is 0 Å². The third kappa shape index (κ3) is 4.42. The van der Waals surface area contributed by atoms with Crippen LogP contribution in [0.2, 0.25) is 0 Å². The van der Waals surface area contributed by atoms with Crippen molar-refractivity contribution in [2.75, 3.05) is 13.1 Å². The van der Waals surface area contributed by atoms with Crippen molar-refractivity contribution >= 4 is 22.6 Å². The number of rotatable bonds is 5. The van der Waals surface area contributed by atoms with Crippen molar-refractivity contribution in [2.24, 2.45) is 13.0 Å². The van der Waals surface area contributed by atoms with E-state index in [0.29, 0.717) is 54.5 Å². The number of nitrogens with zero attached hydrogens (tertiary/aromatic N) is 5. The van der Waals surface area contributed by atoms with Crippen molar-refractivity contribution in [2.45, 2.75) is 39.3 Å². The molecule has 32 heavy (non-hydrogen) atoms. The smallest absolute Gasteiger partial charge is 0.274 e. The summed E-state index contributed by atoms with van der Waals surface area (Å²) in [5, 5.41) is 12.6. The molecule has 4 rings (SSSR count). The lowest BCUT2D eigenvalue weighted by Crippen LogP contribution is -2.47. The van der Waals surface area contributed by atoms with Gasteiger partial charge in [0.1, 0.15) is 0 Å². The Balaban J connectivity index is 1.50. The van der Waals surface area contributed by atoms with Crippen molar-refractivity contribution in [1.82, 2.24) is 29.8 Å². The molecule has 0 bridgehead atoms. The fourth-order valence-corrected chi connectivity index (χ4v) is 4.05. The second-order valence-corrected chi connectivity index (χ2v) is 8.72. The molecule has 9 nitrogen and oxygen atoms in total. The number of carbonyl (C=O) groups excluding carboxylic acids is 2. The third-order valence-electron chi connectivity index (χ3n) is 5.69. The van der Waals surface area contributed by atoms with Gasteiger partial charge in [0.25, 0.3) is 17.4 Å². The lowest BCUT2D eigenvalue weighted by molar-refractivity contribution is 0.0691. The molecule has 1 N–H and O–H groups in total. The Bertz CT molecular complexity index is 1200. The number of aromatic nitrogens is 4. The average Bonchev–Trinajstić information content (AvgIpc) is 3.22. The molecular weight excluding hydrogens is 408 g/mol. The number of nitrogens with one attached hydrogen (secondary N) is 1. The molecule has 168 valence electrons. The van der Waals surface area contributed by atoms with E-state index in [2.05, 4.69) is 15.5 Å². The number of fused-ring (bicyclic) bond motifs is 1. The summed E-state index contributed by atoms with van der Waals surface area (Å²) >= 11 is 0. The van der Waals surface area contributed by atoms with Crippen LogP contribution in [0.25, 0.3) is 10.8 Å². The average molecular weight is 437 g/mol. The summed E-state index contributed by atoms with van der Waals surface area (Å²) in [6, 6.07) is 7.12. The van der Waals surface area contributed by atoms with Gasteiger partial charge in [-0.3, -0.25) is 19.1 Å². The number of piperidine rings is 1. The predicted octanol–water partition coefficient (Wildman–Crippen LogP) is 1.82. The first-order valence-electron chi connectivity index (χ1n) is 10.9. The van der Waals surface area contributed by atoms with Crippen molar-refractivity contribution in [3.05, 3.63) is 58.3 Å². The van der Waals surface area contributed by atoms with Crippen LogP contribution >= 0.6 is 0 Å². The number of aryl methyl sites for hydroxylation is 1. The van der Waals surface area contributed by atoms with Gasteiger partial charge in [-0.2, -0.15) is 10.2 Å². The number of hydrogen-bond donors (Lipinski definition) is 1. The largest absolute Gasteiger partial charge is 0.349 e. The monoisotopic (exact) mass is 436 g/mol. The molecule has 0 radical (unpaired) electrons. The van der Waals surface area contributed by atoms with Crippen LogP contribution < -0.4 is 10.9 Å². The normalized spacial score (nSPS) is 14.8. The van der Waals surface area contributed by atoms with Gasteiger partial charge in [0.05, 0.1) is 17.1 Å². The van der Waals surface area contributed by atoms with Gasteiger partial charge in [0.15, 0.2) is 5.69 Å². The summed E-state index contributed by atoms with van der Waals surface area (Å²) in [6.45, 7) is 5.49. The van der Waals surface area contributed by atoms with Crippen LogP contribution in [0, 0.1) is 5.92 Å². The Kier molecular flexibility index (Phi) is 6.07. The van der Waals surface area contributed by atoms with Gasteiger partial charge < -0.3 is 10.2 Å². The third-order valence-corrected chi connectivity index (χ3v) is 5.69. The van der Waals surface area contributed by atoms with E-state index in [-0.39, 0.29) is 29.3 Å². The highest BCUT2D eigenvalue weighted by atomic mass is 16.2. The van der Waals surface area contributed by atoms with E-state index < -0.39 is 0 Å². The molecule has 1 aliphatic heterocycles. The van der Waals surface area contributed by atoms with Gasteiger partial charge in [-0.05, 0) is 24.8 Å². The van der Waals surface area contributed by atoms with E-state index in [4.69, 9.17) is 0 Å². The maximum Gasteiger partial charge on any atom is 0.274 e. The fraction of sp³-hybridized carbons (Fsp3) is 0.435. The summed E-state index contributed by atoms with van der Waals surface area (Å²) in [5.74, 6) is -0.115. The van der Waals surface area contributed by atoms with Crippen LogP contribution in [0.1, 0.15) is 47.5 Å². The Morgan fingerprint density at radius 2 is 1.84 bits per heavy atom. The first kappa shape index (κ1) is 21.7. The molecule has 3 aromatic rings. The van der Waals surface area contributed by atoms with Crippen LogP contribution in [-0.2, 0) is 13.6 Å². The first-order valence-corrected chi connectivity index (χ1v) is 10.9. The van der Waals surface area contributed by atoms with E-state index in [1.807, 2.05) is 19.9 Å². The quantitative estimate of drug-likeness (QED) is 0.657. The second-order valence-electron chi connectivity index (χ2n) is 8.72. The molecule has 0 unspecified atom stereocenters. The molecule has 1 fully saturated rings. The Labute approximate surface area is 186 Å². The van der Waals surface area contributed by atoms with E-state index >= 15 is 0 Å². The molecule has 0 atom stereocenters. The van der Waals surface area contributed by atoms with Gasteiger partial charge in [-0.15, -0.1) is 0 Å². The highest BCUT2D eigenvalue weighted by molar-refractivity contribution is 6.04. The summed E-state index contributed by atoms with van der Waals surface area (Å²) in [5.41, 5.74) is 0.649. The molecule has 1 aliphatic rings. The molecule has 2 aromatic heterocycles. The molecule has 9 heteroatoms. The summed E-state index contributed by atoms with van der Waals surface area (Å²) in [4.78, 5) is 40.3. The zero-order chi connectivity index (χ0) is 22.8. The van der Waals surface area contributed by atoms with Crippen LogP contribution in [0.3, 0.4) is 0 Å². The molecule has 0 spiro atoms. The Morgan fingerprint density at radius 1 is 1.16 bits per heavy atom. The van der Waals surface area contributed by atoms with Crippen molar-refractivity contribution in [3.8, 4) is 0 Å². The maximum atomic E-state index is 13.4. The molecule has 3 heterocycles. The van der Waals surface area contributed by atoms with Crippen LogP contribution in [0.4, 0.5) is 0 Å². The van der Waals surface area contributed by atoms with Gasteiger partial charge in [-0.1, -0.05) is 32.0 Å². The highest BCUT2D eigenvalue weighted by Crippen LogP contribution is 2.19. The zero-order valence-corrected chi connectivity index (χ0v) is 18.6. The number of amides is 2. The minimum Gasteiger partial charge on any atom is -0.349 e. The number of hydrogen-bond acceptors (Lipinski definition) is 5. The molecule has 2 amide bonds. The van der Waals surface area contributed by atoms with Crippen molar-refractivity contribution in [1.29, 1.82) is 0 Å². The zero-order valence-electron chi connectivity index (χ0n) is 18.6. The number of carbonyl (C=O) groups is 2.